The lowest BCUT2D eigenvalue weighted by atomic mass is 9.89. The third kappa shape index (κ3) is 5.02. The zero-order valence-corrected chi connectivity index (χ0v) is 21.5. The number of esters is 1. The van der Waals surface area contributed by atoms with E-state index in [0.717, 1.165) is 18.4 Å². The Morgan fingerprint density at radius 3 is 2.57 bits per heavy atom. The molecule has 1 amide bonds. The molecule has 1 aliphatic heterocycles. The molecule has 37 heavy (non-hydrogen) atoms. The number of hydrogen-bond acceptors (Lipinski definition) is 6. The maximum absolute atomic E-state index is 13.8. The maximum Gasteiger partial charge on any atom is 0.343 e. The van der Waals surface area contributed by atoms with Crippen molar-refractivity contribution in [1.29, 1.82) is 0 Å². The number of fused-ring (bicyclic) bond motifs is 1. The second kappa shape index (κ2) is 10.6. The lowest BCUT2D eigenvalue weighted by Crippen LogP contribution is -2.38. The Labute approximate surface area is 220 Å². The Balaban J connectivity index is 1.50. The molecule has 0 aliphatic carbocycles. The summed E-state index contributed by atoms with van der Waals surface area (Å²) in [5, 5.41) is 8.18. The van der Waals surface area contributed by atoms with Gasteiger partial charge in [0.1, 0.15) is 16.9 Å². The average Bonchev–Trinajstić information content (AvgIpc) is 3.36. The highest BCUT2D eigenvalue weighted by Gasteiger charge is 2.28. The molecule has 9 heteroatoms. The minimum Gasteiger partial charge on any atom is -0.462 e. The van der Waals surface area contributed by atoms with Crippen LogP contribution in [0.2, 0.25) is 5.02 Å². The summed E-state index contributed by atoms with van der Waals surface area (Å²) in [6.45, 7) is 5.19. The zero-order valence-electron chi connectivity index (χ0n) is 20.8. The fraction of sp³-hybridized carbons (Fsp3) is 0.286. The van der Waals surface area contributed by atoms with Crippen molar-refractivity contribution in [3.63, 3.8) is 0 Å². The molecule has 5 rings (SSSR count). The summed E-state index contributed by atoms with van der Waals surface area (Å²) < 4.78 is 6.62. The number of halogens is 1. The Morgan fingerprint density at radius 1 is 1.08 bits per heavy atom. The van der Waals surface area contributed by atoms with Crippen LogP contribution in [0.1, 0.15) is 57.5 Å². The fourth-order valence-corrected chi connectivity index (χ4v) is 4.90. The van der Waals surface area contributed by atoms with E-state index < -0.39 is 5.97 Å². The van der Waals surface area contributed by atoms with Crippen LogP contribution < -0.4 is 5.32 Å². The summed E-state index contributed by atoms with van der Waals surface area (Å²) >= 11 is 6.47. The number of nitrogens with zero attached hydrogens (tertiary/aromatic N) is 4. The quantitative estimate of drug-likeness (QED) is 0.333. The molecule has 8 nitrogen and oxygen atoms in total. The number of likely N-dealkylation sites (tertiary alicyclic amines) is 1. The Bertz CT molecular complexity index is 1450. The van der Waals surface area contributed by atoms with Crippen molar-refractivity contribution in [1.82, 2.24) is 19.5 Å². The highest BCUT2D eigenvalue weighted by atomic mass is 35.5. The van der Waals surface area contributed by atoms with E-state index in [2.05, 4.69) is 39.7 Å². The fourth-order valence-electron chi connectivity index (χ4n) is 4.73. The second-order valence-electron chi connectivity index (χ2n) is 9.12. The maximum atomic E-state index is 13.8. The van der Waals surface area contributed by atoms with Gasteiger partial charge in [0.25, 0.3) is 5.91 Å². The topological polar surface area (TPSA) is 88.8 Å². The van der Waals surface area contributed by atoms with Crippen molar-refractivity contribution in [3.05, 3.63) is 88.2 Å². The van der Waals surface area contributed by atoms with Crippen LogP contribution in [-0.2, 0) is 4.74 Å². The number of amides is 1. The predicted octanol–water partition coefficient (Wildman–Crippen LogP) is 5.63. The monoisotopic (exact) mass is 517 g/mol. The van der Waals surface area contributed by atoms with Gasteiger partial charge in [-0.2, -0.15) is 9.61 Å². The highest BCUT2D eigenvalue weighted by molar-refractivity contribution is 6.33. The molecule has 1 aliphatic rings. The van der Waals surface area contributed by atoms with Crippen LogP contribution in [0.4, 0.5) is 11.5 Å². The van der Waals surface area contributed by atoms with E-state index in [1.165, 1.54) is 22.5 Å². The first-order chi connectivity index (χ1) is 18.0. The van der Waals surface area contributed by atoms with Crippen LogP contribution in [-0.4, -0.2) is 51.1 Å². The summed E-state index contributed by atoms with van der Waals surface area (Å²) in [6, 6.07) is 16.0. The summed E-state index contributed by atoms with van der Waals surface area (Å²) in [4.78, 5) is 32.5. The molecular weight excluding hydrogens is 490 g/mol. The van der Waals surface area contributed by atoms with Gasteiger partial charge in [-0.1, -0.05) is 48.0 Å². The molecular formula is C28H28ClN5O3. The summed E-state index contributed by atoms with van der Waals surface area (Å²) in [5.41, 5.74) is 3.80. The average molecular weight is 518 g/mol. The summed E-state index contributed by atoms with van der Waals surface area (Å²) in [6.07, 6.45) is 4.67. The molecule has 190 valence electrons. The van der Waals surface area contributed by atoms with Gasteiger partial charge in [0.2, 0.25) is 0 Å². The molecule has 0 bridgehead atoms. The molecule has 1 fully saturated rings. The Kier molecular flexibility index (Phi) is 7.10. The van der Waals surface area contributed by atoms with Crippen molar-refractivity contribution in [2.75, 3.05) is 25.0 Å². The van der Waals surface area contributed by atoms with E-state index in [0.29, 0.717) is 46.7 Å². The smallest absolute Gasteiger partial charge is 0.343 e. The number of aryl methyl sites for hydroxylation is 1. The van der Waals surface area contributed by atoms with Crippen LogP contribution in [0.25, 0.3) is 5.65 Å². The second-order valence-corrected chi connectivity index (χ2v) is 9.53. The van der Waals surface area contributed by atoms with Gasteiger partial charge in [-0.3, -0.25) is 4.79 Å². The molecule has 2 aromatic carbocycles. The number of hydrogen-bond donors (Lipinski definition) is 1. The number of piperidine rings is 1. The highest BCUT2D eigenvalue weighted by Crippen LogP contribution is 2.32. The van der Waals surface area contributed by atoms with Gasteiger partial charge in [-0.15, -0.1) is 0 Å². The number of rotatable bonds is 6. The molecule has 0 saturated carbocycles. The van der Waals surface area contributed by atoms with Gasteiger partial charge >= 0.3 is 5.97 Å². The van der Waals surface area contributed by atoms with Gasteiger partial charge in [0, 0.05) is 19.3 Å². The molecule has 3 heterocycles. The molecule has 1 saturated heterocycles. The molecule has 0 atom stereocenters. The van der Waals surface area contributed by atoms with Crippen LogP contribution in [0.15, 0.2) is 60.9 Å². The van der Waals surface area contributed by atoms with Crippen LogP contribution in [0, 0.1) is 6.92 Å². The van der Waals surface area contributed by atoms with Crippen molar-refractivity contribution >= 4 is 40.6 Å². The number of carbonyl (C=O) groups excluding carboxylic acids is 2. The molecule has 4 aromatic rings. The number of anilines is 2. The van der Waals surface area contributed by atoms with Gasteiger partial charge < -0.3 is 15.0 Å². The number of carbonyl (C=O) groups is 2. The van der Waals surface area contributed by atoms with E-state index in [4.69, 9.17) is 16.3 Å². The third-order valence-electron chi connectivity index (χ3n) is 6.68. The summed E-state index contributed by atoms with van der Waals surface area (Å²) in [5.74, 6) is 0.142. The standard InChI is InChI=1S/C28H28ClN5O3/c1-3-37-28(36)22-17-31-34-25(22)30-16-21(26(34)32-24-15-18(2)9-10-23(24)29)27(35)33-13-11-20(12-14-33)19-7-5-4-6-8-19/h4-10,15-17,20,32H,3,11-14H2,1-2H3. The van der Waals surface area contributed by atoms with E-state index in [1.54, 1.807) is 13.0 Å². The zero-order chi connectivity index (χ0) is 25.9. The largest absolute Gasteiger partial charge is 0.462 e. The third-order valence-corrected chi connectivity index (χ3v) is 7.01. The first-order valence-corrected chi connectivity index (χ1v) is 12.7. The number of benzene rings is 2. The van der Waals surface area contributed by atoms with Crippen LogP contribution in [0.3, 0.4) is 0 Å². The van der Waals surface area contributed by atoms with Crippen molar-refractivity contribution < 1.29 is 14.3 Å². The summed E-state index contributed by atoms with van der Waals surface area (Å²) in [7, 11) is 0. The SMILES string of the molecule is CCOC(=O)c1cnn2c(Nc3cc(C)ccc3Cl)c(C(=O)N3CCC(c4ccccc4)CC3)cnc12. The van der Waals surface area contributed by atoms with Crippen LogP contribution >= 0.6 is 11.6 Å². The first-order valence-electron chi connectivity index (χ1n) is 12.4. The lowest BCUT2D eigenvalue weighted by molar-refractivity contribution is 0.0528. The predicted molar refractivity (Wildman–Crippen MR) is 143 cm³/mol. The van der Waals surface area contributed by atoms with Crippen molar-refractivity contribution in [3.8, 4) is 0 Å². The number of nitrogens with one attached hydrogen (secondary N) is 1. The molecule has 0 spiro atoms. The first kappa shape index (κ1) is 24.8. The van der Waals surface area contributed by atoms with E-state index in [1.807, 2.05) is 30.0 Å². The van der Waals surface area contributed by atoms with Crippen molar-refractivity contribution in [2.45, 2.75) is 32.6 Å². The van der Waals surface area contributed by atoms with Crippen LogP contribution in [0.5, 0.6) is 0 Å². The molecule has 2 aromatic heterocycles. The molecule has 0 radical (unpaired) electrons. The minimum absolute atomic E-state index is 0.152. The van der Waals surface area contributed by atoms with Gasteiger partial charge in [-0.25, -0.2) is 9.78 Å². The molecule has 0 unspecified atom stereocenters. The van der Waals surface area contributed by atoms with E-state index >= 15 is 0 Å². The number of ether oxygens (including phenoxy) is 1. The number of aromatic nitrogens is 3. The van der Waals surface area contributed by atoms with Gasteiger partial charge in [0.15, 0.2) is 5.65 Å². The van der Waals surface area contributed by atoms with E-state index in [-0.39, 0.29) is 18.1 Å². The van der Waals surface area contributed by atoms with Gasteiger partial charge in [0.05, 0.1) is 23.5 Å². The van der Waals surface area contributed by atoms with Gasteiger partial charge in [-0.05, 0) is 55.9 Å². The Hall–Kier alpha value is -3.91. The lowest BCUT2D eigenvalue weighted by Gasteiger charge is -2.32. The normalized spacial score (nSPS) is 14.1. The minimum atomic E-state index is -0.522. The Morgan fingerprint density at radius 2 is 1.84 bits per heavy atom. The molecule has 1 N–H and O–H groups in total. The van der Waals surface area contributed by atoms with E-state index in [9.17, 15) is 9.59 Å². The van der Waals surface area contributed by atoms with Crippen molar-refractivity contribution in [2.24, 2.45) is 0 Å².